The molecule has 0 fully saturated rings. The summed E-state index contributed by atoms with van der Waals surface area (Å²) in [5.41, 5.74) is 0.943. The van der Waals surface area contributed by atoms with E-state index >= 15 is 0 Å². The molecule has 0 heterocycles. The molecule has 0 aliphatic rings. The Hall–Kier alpha value is -3.06. The fourth-order valence-corrected chi connectivity index (χ4v) is 3.05. The van der Waals surface area contributed by atoms with Crippen molar-refractivity contribution in [2.24, 2.45) is 0 Å². The van der Waals surface area contributed by atoms with Gasteiger partial charge in [-0.3, -0.25) is 4.79 Å². The number of hydrogen-bond donors (Lipinski definition) is 0. The number of ether oxygens (including phenoxy) is 2. The Morgan fingerprint density at radius 3 is 2.42 bits per heavy atom. The van der Waals surface area contributed by atoms with Gasteiger partial charge in [0.2, 0.25) is 0 Å². The number of carbonyl (C=O) groups is 1. The number of carbonyl (C=O) groups excluding carboxylic acids is 1. The van der Waals surface area contributed by atoms with Crippen molar-refractivity contribution in [3.05, 3.63) is 99.5 Å². The summed E-state index contributed by atoms with van der Waals surface area (Å²) >= 11 is 3.33. The maximum absolute atomic E-state index is 12.9. The highest BCUT2D eigenvalue weighted by molar-refractivity contribution is 9.10. The van der Waals surface area contributed by atoms with E-state index in [9.17, 15) is 18.0 Å². The van der Waals surface area contributed by atoms with Gasteiger partial charge in [0.05, 0.1) is 12.7 Å². The molecule has 0 saturated heterocycles. The highest BCUT2D eigenvalue weighted by Crippen LogP contribution is 2.31. The van der Waals surface area contributed by atoms with E-state index in [0.29, 0.717) is 28.2 Å². The molecule has 0 aromatic heterocycles. The van der Waals surface area contributed by atoms with Crippen molar-refractivity contribution >= 4 is 27.8 Å². The molecular weight excluding hydrogens is 473 g/mol. The molecule has 0 aliphatic carbocycles. The summed E-state index contributed by atoms with van der Waals surface area (Å²) in [6, 6.07) is 17.1. The number of allylic oxidation sites excluding steroid dienone is 1. The summed E-state index contributed by atoms with van der Waals surface area (Å²) in [5, 5.41) is 0. The summed E-state index contributed by atoms with van der Waals surface area (Å²) in [5.74, 6) is 0.651. The predicted octanol–water partition coefficient (Wildman–Crippen LogP) is 6.95. The number of alkyl halides is 3. The van der Waals surface area contributed by atoms with Crippen LogP contribution < -0.4 is 9.47 Å². The normalized spacial score (nSPS) is 11.5. The van der Waals surface area contributed by atoms with E-state index in [-0.39, 0.29) is 12.4 Å². The molecule has 0 amide bonds. The molecule has 0 unspecified atom stereocenters. The van der Waals surface area contributed by atoms with Gasteiger partial charge in [-0.25, -0.2) is 0 Å². The van der Waals surface area contributed by atoms with Crippen LogP contribution in [0.15, 0.2) is 77.3 Å². The molecule has 31 heavy (non-hydrogen) atoms. The minimum absolute atomic E-state index is 0.0441. The molecule has 0 radical (unpaired) electrons. The topological polar surface area (TPSA) is 35.5 Å². The van der Waals surface area contributed by atoms with Gasteiger partial charge in [-0.15, -0.1) is 0 Å². The summed E-state index contributed by atoms with van der Waals surface area (Å²) in [7, 11) is 1.47. The van der Waals surface area contributed by atoms with E-state index in [1.54, 1.807) is 54.6 Å². The van der Waals surface area contributed by atoms with Crippen LogP contribution >= 0.6 is 15.9 Å². The quantitative estimate of drug-likeness (QED) is 0.265. The van der Waals surface area contributed by atoms with Crippen LogP contribution in [0.3, 0.4) is 0 Å². The van der Waals surface area contributed by atoms with Crippen molar-refractivity contribution in [2.45, 2.75) is 12.8 Å². The second-order valence-electron chi connectivity index (χ2n) is 6.60. The van der Waals surface area contributed by atoms with E-state index in [1.165, 1.54) is 19.3 Å². The molecule has 160 valence electrons. The fraction of sp³-hybridized carbons (Fsp3) is 0.125. The number of ketones is 1. The van der Waals surface area contributed by atoms with E-state index in [4.69, 9.17) is 9.47 Å². The Bertz CT molecular complexity index is 1090. The molecule has 3 aromatic rings. The smallest absolute Gasteiger partial charge is 0.416 e. The van der Waals surface area contributed by atoms with Crippen LogP contribution in [0.5, 0.6) is 11.5 Å². The first-order chi connectivity index (χ1) is 14.8. The van der Waals surface area contributed by atoms with Crippen molar-refractivity contribution in [1.82, 2.24) is 0 Å². The van der Waals surface area contributed by atoms with E-state index < -0.39 is 11.7 Å². The van der Waals surface area contributed by atoms with Gasteiger partial charge in [-0.1, -0.05) is 40.2 Å². The van der Waals surface area contributed by atoms with E-state index in [1.807, 2.05) is 0 Å². The minimum Gasteiger partial charge on any atom is -0.493 e. The summed E-state index contributed by atoms with van der Waals surface area (Å²) < 4.78 is 50.4. The van der Waals surface area contributed by atoms with Gasteiger partial charge in [0, 0.05) is 10.0 Å². The van der Waals surface area contributed by atoms with Crippen molar-refractivity contribution in [2.75, 3.05) is 7.11 Å². The summed E-state index contributed by atoms with van der Waals surface area (Å²) in [6.07, 6.45) is -1.29. The van der Waals surface area contributed by atoms with Crippen molar-refractivity contribution < 1.29 is 27.4 Å². The molecule has 0 N–H and O–H groups in total. The zero-order chi connectivity index (χ0) is 22.4. The number of hydrogen-bond acceptors (Lipinski definition) is 3. The maximum atomic E-state index is 12.9. The lowest BCUT2D eigenvalue weighted by Gasteiger charge is -2.13. The molecule has 0 saturated carbocycles. The number of methoxy groups -OCH3 is 1. The third-order valence-corrected chi connectivity index (χ3v) is 4.92. The maximum Gasteiger partial charge on any atom is 0.416 e. The molecular formula is C24H18BrF3O3. The number of halogens is 4. The molecule has 0 aliphatic heterocycles. The Kier molecular flexibility index (Phi) is 7.17. The lowest BCUT2D eigenvalue weighted by molar-refractivity contribution is -0.137. The number of benzene rings is 3. The van der Waals surface area contributed by atoms with Crippen LogP contribution in [0.4, 0.5) is 13.2 Å². The van der Waals surface area contributed by atoms with Gasteiger partial charge in [-0.2, -0.15) is 13.2 Å². The lowest BCUT2D eigenvalue weighted by Crippen LogP contribution is -2.06. The predicted molar refractivity (Wildman–Crippen MR) is 116 cm³/mol. The van der Waals surface area contributed by atoms with Crippen LogP contribution in [0.25, 0.3) is 6.08 Å². The second-order valence-corrected chi connectivity index (χ2v) is 7.52. The van der Waals surface area contributed by atoms with Crippen molar-refractivity contribution in [3.63, 3.8) is 0 Å². The minimum atomic E-state index is -4.41. The molecule has 3 aromatic carbocycles. The lowest BCUT2D eigenvalue weighted by atomic mass is 10.1. The molecule has 0 bridgehead atoms. The average molecular weight is 491 g/mol. The average Bonchev–Trinajstić information content (AvgIpc) is 2.76. The van der Waals surface area contributed by atoms with Crippen LogP contribution in [0.2, 0.25) is 0 Å². The van der Waals surface area contributed by atoms with Gasteiger partial charge >= 0.3 is 6.18 Å². The van der Waals surface area contributed by atoms with E-state index in [0.717, 1.165) is 16.6 Å². The van der Waals surface area contributed by atoms with Gasteiger partial charge in [0.15, 0.2) is 17.3 Å². The highest BCUT2D eigenvalue weighted by atomic mass is 79.9. The van der Waals surface area contributed by atoms with Crippen molar-refractivity contribution in [3.8, 4) is 11.5 Å². The molecule has 7 heteroatoms. The first kappa shape index (κ1) is 22.6. The highest BCUT2D eigenvalue weighted by Gasteiger charge is 2.30. The third-order valence-electron chi connectivity index (χ3n) is 4.39. The third kappa shape index (κ3) is 6.21. The standard InChI is InChI=1S/C24H18BrF3O3/c1-30-23-14-16(5-11-21(29)18-7-9-20(25)10-8-18)6-12-22(23)31-15-17-3-2-4-19(13-17)24(26,27)28/h2-14H,15H2,1H3/b11-5+. The Morgan fingerprint density at radius 1 is 1.00 bits per heavy atom. The molecule has 0 atom stereocenters. The first-order valence-corrected chi connectivity index (χ1v) is 10.0. The van der Waals surface area contributed by atoms with Gasteiger partial charge in [0.25, 0.3) is 0 Å². The van der Waals surface area contributed by atoms with E-state index in [2.05, 4.69) is 15.9 Å². The van der Waals surface area contributed by atoms with Crippen LogP contribution in [-0.4, -0.2) is 12.9 Å². The van der Waals surface area contributed by atoms with Gasteiger partial charge in [-0.05, 0) is 65.7 Å². The Morgan fingerprint density at radius 2 is 1.74 bits per heavy atom. The SMILES string of the molecule is COc1cc(/C=C/C(=O)c2ccc(Br)cc2)ccc1OCc1cccc(C(F)(F)F)c1. The Balaban J connectivity index is 1.70. The largest absolute Gasteiger partial charge is 0.493 e. The number of rotatable bonds is 7. The van der Waals surface area contributed by atoms with Gasteiger partial charge < -0.3 is 9.47 Å². The van der Waals surface area contributed by atoms with Crippen LogP contribution in [0, 0.1) is 0 Å². The molecule has 3 rings (SSSR count). The first-order valence-electron chi connectivity index (χ1n) is 9.21. The Labute approximate surface area is 186 Å². The zero-order valence-electron chi connectivity index (χ0n) is 16.4. The van der Waals surface area contributed by atoms with Gasteiger partial charge in [0.1, 0.15) is 6.61 Å². The monoisotopic (exact) mass is 490 g/mol. The molecule has 3 nitrogen and oxygen atoms in total. The second kappa shape index (κ2) is 9.83. The van der Waals surface area contributed by atoms with Crippen molar-refractivity contribution in [1.29, 1.82) is 0 Å². The summed E-state index contributed by atoms with van der Waals surface area (Å²) in [4.78, 5) is 12.3. The zero-order valence-corrected chi connectivity index (χ0v) is 18.0. The molecule has 0 spiro atoms. The summed E-state index contributed by atoms with van der Waals surface area (Å²) in [6.45, 7) is -0.0441. The fourth-order valence-electron chi connectivity index (χ4n) is 2.79. The van der Waals surface area contributed by atoms with Crippen LogP contribution in [0.1, 0.15) is 27.0 Å². The van der Waals surface area contributed by atoms with Crippen LogP contribution in [-0.2, 0) is 12.8 Å².